The van der Waals surface area contributed by atoms with E-state index in [1.165, 1.54) is 0 Å². The highest BCUT2D eigenvalue weighted by Gasteiger charge is 2.26. The van der Waals surface area contributed by atoms with Crippen LogP contribution in [0.5, 0.6) is 0 Å². The molecule has 0 atom stereocenters. The molecule has 1 aliphatic carbocycles. The maximum Gasteiger partial charge on any atom is 0.251 e. The first-order valence-electron chi connectivity index (χ1n) is 5.77. The van der Waals surface area contributed by atoms with E-state index in [9.17, 15) is 4.79 Å². The first-order valence-corrected chi connectivity index (χ1v) is 5.77. The van der Waals surface area contributed by atoms with Crippen LogP contribution in [0, 0.1) is 5.92 Å². The number of hydrogen-bond donors (Lipinski definition) is 2. The Bertz CT molecular complexity index is 366. The van der Waals surface area contributed by atoms with Crippen molar-refractivity contribution in [2.45, 2.75) is 25.8 Å². The smallest absolute Gasteiger partial charge is 0.251 e. The molecule has 1 saturated carbocycles. The van der Waals surface area contributed by atoms with Gasteiger partial charge in [0.1, 0.15) is 0 Å². The van der Waals surface area contributed by atoms with Crippen LogP contribution in [0.1, 0.15) is 30.1 Å². The highest BCUT2D eigenvalue weighted by molar-refractivity contribution is 5.94. The van der Waals surface area contributed by atoms with Crippen molar-refractivity contribution >= 4 is 11.6 Å². The van der Waals surface area contributed by atoms with Gasteiger partial charge in [0.15, 0.2) is 0 Å². The molecular formula is C13H18N2O. The summed E-state index contributed by atoms with van der Waals surface area (Å²) in [5.74, 6) is 0.802. The molecule has 0 saturated heterocycles. The Balaban J connectivity index is 1.93. The largest absolute Gasteiger partial charge is 0.388 e. The van der Waals surface area contributed by atoms with Crippen LogP contribution in [0.4, 0.5) is 5.69 Å². The molecule has 86 valence electrons. The quantitative estimate of drug-likeness (QED) is 0.817. The number of nitrogens with one attached hydrogen (secondary N) is 2. The number of amides is 1. The molecule has 3 nitrogen and oxygen atoms in total. The molecule has 0 unspecified atom stereocenters. The minimum absolute atomic E-state index is 0.0413. The summed E-state index contributed by atoms with van der Waals surface area (Å²) >= 11 is 0. The highest BCUT2D eigenvalue weighted by atomic mass is 16.1. The number of carbonyl (C=O) groups is 1. The van der Waals surface area contributed by atoms with Crippen molar-refractivity contribution in [2.75, 3.05) is 12.4 Å². The van der Waals surface area contributed by atoms with Crippen molar-refractivity contribution in [3.8, 4) is 0 Å². The molecule has 2 N–H and O–H groups in total. The molecule has 3 heteroatoms. The third-order valence-electron chi connectivity index (χ3n) is 3.14. The van der Waals surface area contributed by atoms with Gasteiger partial charge in [-0.15, -0.1) is 0 Å². The van der Waals surface area contributed by atoms with Crippen molar-refractivity contribution in [1.82, 2.24) is 5.32 Å². The lowest BCUT2D eigenvalue weighted by atomic mass is 9.82. The van der Waals surface area contributed by atoms with E-state index in [4.69, 9.17) is 0 Å². The monoisotopic (exact) mass is 218 g/mol. The summed E-state index contributed by atoms with van der Waals surface area (Å²) < 4.78 is 0. The Kier molecular flexibility index (Phi) is 3.13. The molecular weight excluding hydrogens is 200 g/mol. The molecule has 1 fully saturated rings. The molecule has 0 bridgehead atoms. The second kappa shape index (κ2) is 4.56. The molecule has 0 spiro atoms. The third kappa shape index (κ3) is 2.35. The van der Waals surface area contributed by atoms with Gasteiger partial charge in [-0.25, -0.2) is 0 Å². The molecule has 16 heavy (non-hydrogen) atoms. The molecule has 1 aliphatic rings. The van der Waals surface area contributed by atoms with Gasteiger partial charge in [0.2, 0.25) is 0 Å². The minimum Gasteiger partial charge on any atom is -0.388 e. The van der Waals surface area contributed by atoms with E-state index in [-0.39, 0.29) is 5.91 Å². The van der Waals surface area contributed by atoms with Gasteiger partial charge in [-0.3, -0.25) is 4.79 Å². The first-order chi connectivity index (χ1) is 7.69. The Morgan fingerprint density at radius 2 is 1.88 bits per heavy atom. The average Bonchev–Trinajstić information content (AvgIpc) is 2.27. The van der Waals surface area contributed by atoms with Crippen molar-refractivity contribution in [1.29, 1.82) is 0 Å². The van der Waals surface area contributed by atoms with Crippen LogP contribution in [-0.2, 0) is 0 Å². The first kappa shape index (κ1) is 11.0. The SMILES string of the molecule is CNc1ccc(C(=O)NC2CC(C)C2)cc1. The van der Waals surface area contributed by atoms with Crippen LogP contribution in [0.3, 0.4) is 0 Å². The number of hydrogen-bond acceptors (Lipinski definition) is 2. The van der Waals surface area contributed by atoms with Crippen LogP contribution in [-0.4, -0.2) is 19.0 Å². The molecule has 0 aliphatic heterocycles. The summed E-state index contributed by atoms with van der Waals surface area (Å²) in [6, 6.07) is 7.91. The van der Waals surface area contributed by atoms with Crippen LogP contribution < -0.4 is 10.6 Å². The molecule has 1 aromatic carbocycles. The predicted octanol–water partition coefficient (Wildman–Crippen LogP) is 2.26. The molecule has 2 rings (SSSR count). The Morgan fingerprint density at radius 1 is 1.25 bits per heavy atom. The van der Waals surface area contributed by atoms with Gasteiger partial charge in [0.25, 0.3) is 5.91 Å². The zero-order valence-electron chi connectivity index (χ0n) is 9.79. The summed E-state index contributed by atoms with van der Waals surface area (Å²) in [4.78, 5) is 11.8. The van der Waals surface area contributed by atoms with Gasteiger partial charge in [-0.2, -0.15) is 0 Å². The minimum atomic E-state index is 0.0413. The molecule has 1 amide bonds. The fraction of sp³-hybridized carbons (Fsp3) is 0.462. The van der Waals surface area contributed by atoms with Gasteiger partial charge in [0.05, 0.1) is 0 Å². The highest BCUT2D eigenvalue weighted by Crippen LogP contribution is 2.26. The fourth-order valence-electron chi connectivity index (χ4n) is 2.08. The summed E-state index contributed by atoms with van der Waals surface area (Å²) in [5.41, 5.74) is 1.76. The summed E-state index contributed by atoms with van der Waals surface area (Å²) in [6.07, 6.45) is 2.22. The lowest BCUT2D eigenvalue weighted by Crippen LogP contribution is -2.43. The summed E-state index contributed by atoms with van der Waals surface area (Å²) in [6.45, 7) is 2.21. The lowest BCUT2D eigenvalue weighted by Gasteiger charge is -2.33. The molecule has 0 heterocycles. The Hall–Kier alpha value is -1.51. The summed E-state index contributed by atoms with van der Waals surface area (Å²) in [7, 11) is 1.87. The van der Waals surface area contributed by atoms with Crippen molar-refractivity contribution in [3.05, 3.63) is 29.8 Å². The normalized spacial score (nSPS) is 23.4. The number of rotatable bonds is 3. The van der Waals surface area contributed by atoms with E-state index < -0.39 is 0 Å². The third-order valence-corrected chi connectivity index (χ3v) is 3.14. The van der Waals surface area contributed by atoms with Crippen LogP contribution >= 0.6 is 0 Å². The summed E-state index contributed by atoms with van der Waals surface area (Å²) in [5, 5.41) is 6.07. The van der Waals surface area contributed by atoms with Gasteiger partial charge in [-0.1, -0.05) is 6.92 Å². The number of benzene rings is 1. The van der Waals surface area contributed by atoms with Crippen LogP contribution in [0.15, 0.2) is 24.3 Å². The van der Waals surface area contributed by atoms with Gasteiger partial charge in [0, 0.05) is 24.3 Å². The topological polar surface area (TPSA) is 41.1 Å². The van der Waals surface area contributed by atoms with E-state index >= 15 is 0 Å². The van der Waals surface area contributed by atoms with Crippen molar-refractivity contribution < 1.29 is 4.79 Å². The van der Waals surface area contributed by atoms with E-state index in [1.807, 2.05) is 31.3 Å². The van der Waals surface area contributed by atoms with Crippen molar-refractivity contribution in [3.63, 3.8) is 0 Å². The number of carbonyl (C=O) groups excluding carboxylic acids is 1. The fourth-order valence-corrected chi connectivity index (χ4v) is 2.08. The molecule has 1 aromatic rings. The second-order valence-electron chi connectivity index (χ2n) is 4.57. The van der Waals surface area contributed by atoms with E-state index in [0.717, 1.165) is 30.0 Å². The van der Waals surface area contributed by atoms with Crippen LogP contribution in [0.25, 0.3) is 0 Å². The molecule has 0 aromatic heterocycles. The Morgan fingerprint density at radius 3 is 2.38 bits per heavy atom. The van der Waals surface area contributed by atoms with Gasteiger partial charge >= 0.3 is 0 Å². The average molecular weight is 218 g/mol. The van der Waals surface area contributed by atoms with Crippen molar-refractivity contribution in [2.24, 2.45) is 5.92 Å². The van der Waals surface area contributed by atoms with Crippen LogP contribution in [0.2, 0.25) is 0 Å². The lowest BCUT2D eigenvalue weighted by molar-refractivity contribution is 0.0896. The predicted molar refractivity (Wildman–Crippen MR) is 65.6 cm³/mol. The van der Waals surface area contributed by atoms with Gasteiger partial charge < -0.3 is 10.6 Å². The molecule has 0 radical (unpaired) electrons. The zero-order chi connectivity index (χ0) is 11.5. The second-order valence-corrected chi connectivity index (χ2v) is 4.57. The standard InChI is InChI=1S/C13H18N2O/c1-9-7-12(8-9)15-13(16)10-3-5-11(14-2)6-4-10/h3-6,9,12,14H,7-8H2,1-2H3,(H,15,16). The van der Waals surface area contributed by atoms with E-state index in [0.29, 0.717) is 6.04 Å². The number of anilines is 1. The van der Waals surface area contributed by atoms with E-state index in [2.05, 4.69) is 17.6 Å². The maximum absolute atomic E-state index is 11.8. The maximum atomic E-state index is 11.8. The van der Waals surface area contributed by atoms with Gasteiger partial charge in [-0.05, 0) is 43.0 Å². The van der Waals surface area contributed by atoms with E-state index in [1.54, 1.807) is 0 Å². The zero-order valence-corrected chi connectivity index (χ0v) is 9.79. The Labute approximate surface area is 96.2 Å².